The molecule has 3 aromatic rings. The minimum absolute atomic E-state index is 0.179. The molecule has 8 heteroatoms. The van der Waals surface area contributed by atoms with Crippen LogP contribution in [0.4, 0.5) is 5.69 Å². The molecule has 1 heterocycles. The summed E-state index contributed by atoms with van der Waals surface area (Å²) in [5.74, 6) is 1.06. The molecule has 1 saturated heterocycles. The number of ether oxygens (including phenoxy) is 2. The van der Waals surface area contributed by atoms with Gasteiger partial charge in [0.2, 0.25) is 0 Å². The van der Waals surface area contributed by atoms with Gasteiger partial charge in [0.25, 0.3) is 5.91 Å². The second kappa shape index (κ2) is 11.4. The molecule has 0 atom stereocenters. The van der Waals surface area contributed by atoms with Crippen LogP contribution in [0, 0.1) is 0 Å². The number of nitrogens with zero attached hydrogens (tertiary/aromatic N) is 1. The highest BCUT2D eigenvalue weighted by atomic mass is 79.9. The molecule has 1 fully saturated rings. The predicted molar refractivity (Wildman–Crippen MR) is 152 cm³/mol. The molecule has 0 bridgehead atoms. The molecule has 3 aromatic carbocycles. The van der Waals surface area contributed by atoms with Crippen molar-refractivity contribution in [3.8, 4) is 11.5 Å². The monoisotopic (exact) mass is 585 g/mol. The molecule has 0 spiro atoms. The molecular formula is C27H21BrClNO3S2. The number of allylic oxidation sites excluding steroid dienone is 1. The van der Waals surface area contributed by atoms with Crippen molar-refractivity contribution in [3.05, 3.63) is 104 Å². The van der Waals surface area contributed by atoms with E-state index in [-0.39, 0.29) is 5.91 Å². The van der Waals surface area contributed by atoms with Crippen LogP contribution < -0.4 is 14.4 Å². The van der Waals surface area contributed by atoms with Crippen LogP contribution in [0.3, 0.4) is 0 Å². The lowest BCUT2D eigenvalue weighted by molar-refractivity contribution is -0.113. The molecule has 4 nitrogen and oxygen atoms in total. The van der Waals surface area contributed by atoms with E-state index in [9.17, 15) is 4.79 Å². The van der Waals surface area contributed by atoms with Gasteiger partial charge in [-0.3, -0.25) is 9.69 Å². The van der Waals surface area contributed by atoms with Crippen LogP contribution in [0.2, 0.25) is 5.02 Å². The maximum atomic E-state index is 13.2. The summed E-state index contributed by atoms with van der Waals surface area (Å²) in [5.41, 5.74) is 3.44. The smallest absolute Gasteiger partial charge is 0.270 e. The minimum atomic E-state index is -0.179. The summed E-state index contributed by atoms with van der Waals surface area (Å²) in [5, 5.41) is 0.596. The van der Waals surface area contributed by atoms with E-state index in [1.54, 1.807) is 31.4 Å². The zero-order chi connectivity index (χ0) is 24.9. The summed E-state index contributed by atoms with van der Waals surface area (Å²) in [6.45, 7) is 4.27. The number of halogens is 2. The van der Waals surface area contributed by atoms with Crippen molar-refractivity contribution in [3.63, 3.8) is 0 Å². The first-order chi connectivity index (χ1) is 16.9. The van der Waals surface area contributed by atoms with E-state index in [4.69, 9.17) is 33.3 Å². The lowest BCUT2D eigenvalue weighted by Gasteiger charge is -2.16. The Labute approximate surface area is 227 Å². The van der Waals surface area contributed by atoms with Crippen molar-refractivity contribution < 1.29 is 14.3 Å². The lowest BCUT2D eigenvalue weighted by Crippen LogP contribution is -2.27. The van der Waals surface area contributed by atoms with Crippen molar-refractivity contribution in [2.45, 2.75) is 13.0 Å². The third-order valence-electron chi connectivity index (χ3n) is 5.21. The predicted octanol–water partition coefficient (Wildman–Crippen LogP) is 7.82. The second-order valence-electron chi connectivity index (χ2n) is 7.61. The summed E-state index contributed by atoms with van der Waals surface area (Å²) in [4.78, 5) is 15.2. The van der Waals surface area contributed by atoms with E-state index in [0.29, 0.717) is 44.5 Å². The van der Waals surface area contributed by atoms with E-state index in [1.165, 1.54) is 16.7 Å². The number of hydrogen-bond donors (Lipinski definition) is 0. The Morgan fingerprint density at radius 1 is 1.14 bits per heavy atom. The van der Waals surface area contributed by atoms with Crippen molar-refractivity contribution >= 4 is 73.5 Å². The summed E-state index contributed by atoms with van der Waals surface area (Å²) < 4.78 is 13.3. The number of amides is 1. The van der Waals surface area contributed by atoms with Gasteiger partial charge in [0, 0.05) is 15.1 Å². The maximum Gasteiger partial charge on any atom is 0.270 e. The van der Waals surface area contributed by atoms with Gasteiger partial charge in [-0.05, 0) is 72.2 Å². The van der Waals surface area contributed by atoms with Gasteiger partial charge in [-0.1, -0.05) is 69.7 Å². The number of hydrogen-bond acceptors (Lipinski definition) is 5. The first kappa shape index (κ1) is 25.5. The Hall–Kier alpha value is -2.58. The van der Waals surface area contributed by atoms with Gasteiger partial charge >= 0.3 is 0 Å². The summed E-state index contributed by atoms with van der Waals surface area (Å²) in [6, 6.07) is 18.8. The molecule has 1 aliphatic heterocycles. The van der Waals surface area contributed by atoms with Gasteiger partial charge in [-0.15, -0.1) is 6.58 Å². The molecule has 0 saturated carbocycles. The summed E-state index contributed by atoms with van der Waals surface area (Å²) >= 11 is 16.2. The van der Waals surface area contributed by atoms with Crippen molar-refractivity contribution in [1.29, 1.82) is 0 Å². The molecule has 178 valence electrons. The zero-order valence-corrected chi connectivity index (χ0v) is 22.8. The lowest BCUT2D eigenvalue weighted by atomic mass is 10.0. The molecule has 0 aromatic heterocycles. The highest BCUT2D eigenvalue weighted by molar-refractivity contribution is 9.10. The number of anilines is 1. The Kier molecular flexibility index (Phi) is 8.34. The van der Waals surface area contributed by atoms with Gasteiger partial charge in [0.1, 0.15) is 6.61 Å². The van der Waals surface area contributed by atoms with Gasteiger partial charge in [-0.25, -0.2) is 0 Å². The molecule has 35 heavy (non-hydrogen) atoms. The molecule has 1 aliphatic rings. The van der Waals surface area contributed by atoms with Gasteiger partial charge < -0.3 is 9.47 Å². The first-order valence-corrected chi connectivity index (χ1v) is 13.0. The van der Waals surface area contributed by atoms with Crippen LogP contribution in [0.15, 0.2) is 82.7 Å². The standard InChI is InChI=1S/C27H21BrClNO3S2/c1-3-4-19-13-18(14-23(32-2)25(19)33-16-17-5-7-20(28)8-6-17)15-24-26(31)30(27(34)35-24)22-11-9-21(29)10-12-22/h3,5-15H,1,4,16H2,2H3/b24-15+. The number of methoxy groups -OCH3 is 1. The van der Waals surface area contributed by atoms with Crippen LogP contribution in [0.5, 0.6) is 11.5 Å². The van der Waals surface area contributed by atoms with Crippen LogP contribution in [0.1, 0.15) is 16.7 Å². The Balaban J connectivity index is 1.63. The van der Waals surface area contributed by atoms with Crippen molar-refractivity contribution in [2.24, 2.45) is 0 Å². The number of thiocarbonyl (C=S) groups is 1. The third kappa shape index (κ3) is 5.98. The van der Waals surface area contributed by atoms with Crippen LogP contribution in [-0.4, -0.2) is 17.3 Å². The van der Waals surface area contributed by atoms with Crippen molar-refractivity contribution in [1.82, 2.24) is 0 Å². The van der Waals surface area contributed by atoms with E-state index in [0.717, 1.165) is 21.2 Å². The highest BCUT2D eigenvalue weighted by Crippen LogP contribution is 2.39. The fraction of sp³-hybridized carbons (Fsp3) is 0.111. The average molecular weight is 587 g/mol. The Morgan fingerprint density at radius 2 is 1.86 bits per heavy atom. The number of carbonyl (C=O) groups excluding carboxylic acids is 1. The Morgan fingerprint density at radius 3 is 2.51 bits per heavy atom. The quantitative estimate of drug-likeness (QED) is 0.153. The molecule has 0 radical (unpaired) electrons. The number of benzene rings is 3. The molecule has 4 rings (SSSR count). The molecular weight excluding hydrogens is 566 g/mol. The Bertz CT molecular complexity index is 1310. The van der Waals surface area contributed by atoms with E-state index in [1.807, 2.05) is 48.6 Å². The number of rotatable bonds is 8. The topological polar surface area (TPSA) is 38.8 Å². The molecule has 1 amide bonds. The van der Waals surface area contributed by atoms with Crippen LogP contribution in [-0.2, 0) is 17.8 Å². The summed E-state index contributed by atoms with van der Waals surface area (Å²) in [7, 11) is 1.60. The molecule has 0 unspecified atom stereocenters. The zero-order valence-electron chi connectivity index (χ0n) is 18.8. The van der Waals surface area contributed by atoms with E-state index in [2.05, 4.69) is 22.5 Å². The molecule has 0 N–H and O–H groups in total. The maximum absolute atomic E-state index is 13.2. The van der Waals surface area contributed by atoms with Crippen molar-refractivity contribution in [2.75, 3.05) is 12.0 Å². The minimum Gasteiger partial charge on any atom is -0.493 e. The fourth-order valence-electron chi connectivity index (χ4n) is 3.56. The number of carbonyl (C=O) groups is 1. The van der Waals surface area contributed by atoms with E-state index >= 15 is 0 Å². The van der Waals surface area contributed by atoms with Gasteiger partial charge in [0.15, 0.2) is 15.8 Å². The molecule has 0 aliphatic carbocycles. The highest BCUT2D eigenvalue weighted by Gasteiger charge is 2.33. The SMILES string of the molecule is C=CCc1cc(/C=C2/SC(=S)N(c3ccc(Cl)cc3)C2=O)cc(OC)c1OCc1ccc(Br)cc1. The number of thioether (sulfide) groups is 1. The normalized spacial score (nSPS) is 14.5. The fourth-order valence-corrected chi connectivity index (χ4v) is 5.25. The van der Waals surface area contributed by atoms with Crippen LogP contribution >= 0.6 is 51.5 Å². The third-order valence-corrected chi connectivity index (χ3v) is 7.29. The first-order valence-electron chi connectivity index (χ1n) is 10.6. The van der Waals surface area contributed by atoms with Gasteiger partial charge in [-0.2, -0.15) is 0 Å². The van der Waals surface area contributed by atoms with E-state index < -0.39 is 0 Å². The van der Waals surface area contributed by atoms with Crippen LogP contribution in [0.25, 0.3) is 6.08 Å². The largest absolute Gasteiger partial charge is 0.493 e. The summed E-state index contributed by atoms with van der Waals surface area (Å²) in [6.07, 6.45) is 4.22. The second-order valence-corrected chi connectivity index (χ2v) is 10.6. The van der Waals surface area contributed by atoms with Gasteiger partial charge in [0.05, 0.1) is 17.7 Å². The average Bonchev–Trinajstić information content (AvgIpc) is 3.12.